The number of ether oxygens (including phenoxy) is 2. The summed E-state index contributed by atoms with van der Waals surface area (Å²) in [4.78, 5) is 6.86. The molecule has 0 aromatic carbocycles. The second kappa shape index (κ2) is 9.91. The Morgan fingerprint density at radius 1 is 1.35 bits per heavy atom. The predicted octanol–water partition coefficient (Wildman–Crippen LogP) is 0.779. The van der Waals surface area contributed by atoms with E-state index in [-0.39, 0.29) is 6.29 Å². The highest BCUT2D eigenvalue weighted by atomic mass is 16.5. The van der Waals surface area contributed by atoms with E-state index in [2.05, 4.69) is 31.2 Å². The Bertz CT molecular complexity index is 552. The smallest absolute Gasteiger partial charge is 0.256 e. The van der Waals surface area contributed by atoms with Gasteiger partial charge in [-0.1, -0.05) is 0 Å². The molecule has 0 aliphatic carbocycles. The van der Waals surface area contributed by atoms with Crippen LogP contribution in [0, 0.1) is 0 Å². The first kappa shape index (κ1) is 19.2. The molecular weight excluding hydrogens is 332 g/mol. The fourth-order valence-corrected chi connectivity index (χ4v) is 3.45. The van der Waals surface area contributed by atoms with Gasteiger partial charge in [-0.25, -0.2) is 4.98 Å². The average Bonchev–Trinajstić information content (AvgIpc) is 3.19. The number of anilines is 1. The molecule has 2 aliphatic rings. The molecule has 0 bridgehead atoms. The monoisotopic (exact) mass is 364 g/mol. The highest BCUT2D eigenvalue weighted by Crippen LogP contribution is 2.27. The van der Waals surface area contributed by atoms with Crippen molar-refractivity contribution in [2.45, 2.75) is 38.1 Å². The Hall–Kier alpha value is -1.61. The Labute approximate surface area is 156 Å². The Balaban J connectivity index is 1.51. The van der Waals surface area contributed by atoms with Crippen LogP contribution in [0.25, 0.3) is 0 Å². The first-order chi connectivity index (χ1) is 12.8. The minimum Gasteiger partial charge on any atom is -0.488 e. The number of nitrogens with one attached hydrogen (secondary N) is 4. The molecule has 4 N–H and O–H groups in total. The highest BCUT2D eigenvalue weighted by molar-refractivity contribution is 5.50. The minimum absolute atomic E-state index is 0.0144. The van der Waals surface area contributed by atoms with Gasteiger partial charge in [-0.3, -0.25) is 10.6 Å². The zero-order chi connectivity index (χ0) is 18.2. The van der Waals surface area contributed by atoms with Gasteiger partial charge in [-0.15, -0.1) is 0 Å². The first-order valence-electron chi connectivity index (χ1n) is 9.61. The van der Waals surface area contributed by atoms with Crippen molar-refractivity contribution in [3.63, 3.8) is 0 Å². The van der Waals surface area contributed by atoms with Crippen LogP contribution in [-0.4, -0.2) is 69.3 Å². The summed E-state index contributed by atoms with van der Waals surface area (Å²) < 4.78 is 11.3. The van der Waals surface area contributed by atoms with Crippen LogP contribution < -0.4 is 30.7 Å². The zero-order valence-corrected chi connectivity index (χ0v) is 15.9. The van der Waals surface area contributed by atoms with E-state index in [4.69, 9.17) is 9.47 Å². The Kier molecular flexibility index (Phi) is 7.31. The molecule has 3 heterocycles. The van der Waals surface area contributed by atoms with E-state index in [9.17, 15) is 0 Å². The normalized spacial score (nSPS) is 23.8. The van der Waals surface area contributed by atoms with E-state index in [0.29, 0.717) is 24.4 Å². The summed E-state index contributed by atoms with van der Waals surface area (Å²) in [6, 6.07) is 1.95. The number of likely N-dealkylation sites (tertiary alicyclic amines) is 1. The SMILES string of the molecule is CNC1CCNC(Nc2cnc(OC)c(OCCCN3CCCC3)c2)N1. The van der Waals surface area contributed by atoms with Gasteiger partial charge in [-0.05, 0) is 45.8 Å². The third-order valence-electron chi connectivity index (χ3n) is 4.90. The number of pyridine rings is 1. The second-order valence-electron chi connectivity index (χ2n) is 6.81. The van der Waals surface area contributed by atoms with Crippen molar-refractivity contribution in [3.8, 4) is 11.6 Å². The number of rotatable bonds is 9. The van der Waals surface area contributed by atoms with E-state index in [1.54, 1.807) is 13.3 Å². The van der Waals surface area contributed by atoms with Crippen LogP contribution in [0.4, 0.5) is 5.69 Å². The standard InChI is InChI=1S/C18H32N6O2/c1-19-16-6-7-20-18(23-16)22-14-12-15(17(25-2)21-13-14)26-11-5-10-24-8-3-4-9-24/h12-13,16,18-20,22-23H,3-11H2,1-2H3. The summed E-state index contributed by atoms with van der Waals surface area (Å²) in [5.74, 6) is 1.20. The lowest BCUT2D eigenvalue weighted by atomic mass is 10.3. The van der Waals surface area contributed by atoms with E-state index in [1.807, 2.05) is 13.1 Å². The lowest BCUT2D eigenvalue weighted by Crippen LogP contribution is -2.61. The largest absolute Gasteiger partial charge is 0.488 e. The van der Waals surface area contributed by atoms with Crippen LogP contribution in [0.15, 0.2) is 12.3 Å². The second-order valence-corrected chi connectivity index (χ2v) is 6.81. The van der Waals surface area contributed by atoms with Crippen molar-refractivity contribution in [2.24, 2.45) is 0 Å². The molecule has 0 spiro atoms. The van der Waals surface area contributed by atoms with Gasteiger partial charge in [0.25, 0.3) is 5.88 Å². The highest BCUT2D eigenvalue weighted by Gasteiger charge is 2.19. The molecule has 2 atom stereocenters. The van der Waals surface area contributed by atoms with Gasteiger partial charge >= 0.3 is 0 Å². The van der Waals surface area contributed by atoms with Crippen molar-refractivity contribution >= 4 is 5.69 Å². The van der Waals surface area contributed by atoms with Crippen LogP contribution in [0.1, 0.15) is 25.7 Å². The molecule has 3 rings (SSSR count). The summed E-state index contributed by atoms with van der Waals surface area (Å²) in [5.41, 5.74) is 0.891. The van der Waals surface area contributed by atoms with Gasteiger partial charge in [0.2, 0.25) is 0 Å². The van der Waals surface area contributed by atoms with Gasteiger partial charge in [0.05, 0.1) is 31.8 Å². The van der Waals surface area contributed by atoms with Gasteiger partial charge in [0.1, 0.15) is 6.29 Å². The molecule has 26 heavy (non-hydrogen) atoms. The minimum atomic E-state index is -0.0144. The van der Waals surface area contributed by atoms with Crippen molar-refractivity contribution in [1.29, 1.82) is 0 Å². The Morgan fingerprint density at radius 2 is 2.19 bits per heavy atom. The van der Waals surface area contributed by atoms with Crippen LogP contribution in [0.5, 0.6) is 11.6 Å². The van der Waals surface area contributed by atoms with Crippen molar-refractivity contribution < 1.29 is 9.47 Å². The molecule has 8 heteroatoms. The maximum atomic E-state index is 5.95. The fraction of sp³-hybridized carbons (Fsp3) is 0.722. The number of hydrogen-bond acceptors (Lipinski definition) is 8. The third kappa shape index (κ3) is 5.44. The molecule has 146 valence electrons. The topological polar surface area (TPSA) is 82.7 Å². The summed E-state index contributed by atoms with van der Waals surface area (Å²) in [5, 5.41) is 13.5. The summed E-state index contributed by atoms with van der Waals surface area (Å²) in [6.45, 7) is 5.15. The molecule has 0 saturated carbocycles. The van der Waals surface area contributed by atoms with Gasteiger partial charge in [0.15, 0.2) is 5.75 Å². The quantitative estimate of drug-likeness (QED) is 0.479. The van der Waals surface area contributed by atoms with E-state index in [0.717, 1.165) is 31.6 Å². The van der Waals surface area contributed by atoms with Crippen LogP contribution in [0.3, 0.4) is 0 Å². The maximum absolute atomic E-state index is 5.95. The fourth-order valence-electron chi connectivity index (χ4n) is 3.45. The molecule has 1 aromatic heterocycles. The molecular formula is C18H32N6O2. The summed E-state index contributed by atoms with van der Waals surface area (Å²) in [6.07, 6.45) is 6.74. The third-order valence-corrected chi connectivity index (χ3v) is 4.90. The maximum Gasteiger partial charge on any atom is 0.256 e. The number of methoxy groups -OCH3 is 1. The Morgan fingerprint density at radius 3 is 2.96 bits per heavy atom. The number of hydrogen-bond donors (Lipinski definition) is 4. The predicted molar refractivity (Wildman–Crippen MR) is 103 cm³/mol. The van der Waals surface area contributed by atoms with Gasteiger partial charge < -0.3 is 25.0 Å². The molecule has 1 aromatic rings. The molecule has 2 unspecified atom stereocenters. The zero-order valence-electron chi connectivity index (χ0n) is 15.9. The molecule has 8 nitrogen and oxygen atoms in total. The van der Waals surface area contributed by atoms with E-state index in [1.165, 1.54) is 25.9 Å². The molecule has 2 aliphatic heterocycles. The summed E-state index contributed by atoms with van der Waals surface area (Å²) in [7, 11) is 3.58. The van der Waals surface area contributed by atoms with Crippen LogP contribution in [-0.2, 0) is 0 Å². The first-order valence-corrected chi connectivity index (χ1v) is 9.61. The van der Waals surface area contributed by atoms with Crippen molar-refractivity contribution in [1.82, 2.24) is 25.8 Å². The lowest BCUT2D eigenvalue weighted by Gasteiger charge is -2.32. The van der Waals surface area contributed by atoms with Gasteiger partial charge in [0, 0.05) is 19.2 Å². The molecule has 2 fully saturated rings. The lowest BCUT2D eigenvalue weighted by molar-refractivity contribution is 0.251. The average molecular weight is 364 g/mol. The summed E-state index contributed by atoms with van der Waals surface area (Å²) >= 11 is 0. The van der Waals surface area contributed by atoms with Crippen molar-refractivity contribution in [2.75, 3.05) is 52.3 Å². The van der Waals surface area contributed by atoms with Crippen LogP contribution >= 0.6 is 0 Å². The number of aromatic nitrogens is 1. The molecule has 2 saturated heterocycles. The van der Waals surface area contributed by atoms with Crippen LogP contribution in [0.2, 0.25) is 0 Å². The van der Waals surface area contributed by atoms with E-state index < -0.39 is 0 Å². The molecule has 0 amide bonds. The van der Waals surface area contributed by atoms with E-state index >= 15 is 0 Å². The molecule has 0 radical (unpaired) electrons. The van der Waals surface area contributed by atoms with Gasteiger partial charge in [-0.2, -0.15) is 0 Å². The van der Waals surface area contributed by atoms with Crippen molar-refractivity contribution in [3.05, 3.63) is 12.3 Å². The number of nitrogens with zero attached hydrogens (tertiary/aromatic N) is 2.